The van der Waals surface area contributed by atoms with Gasteiger partial charge in [0.05, 0.1) is 11.6 Å². The molecular weight excluding hydrogens is 351 g/mol. The van der Waals surface area contributed by atoms with Crippen molar-refractivity contribution in [3.63, 3.8) is 0 Å². The van der Waals surface area contributed by atoms with Crippen LogP contribution in [0.3, 0.4) is 0 Å². The maximum Gasteiger partial charge on any atom is 0.308 e. The molecule has 1 aromatic carbocycles. The lowest BCUT2D eigenvalue weighted by Gasteiger charge is -2.35. The van der Waals surface area contributed by atoms with Crippen molar-refractivity contribution in [2.24, 2.45) is 5.92 Å². The highest BCUT2D eigenvalue weighted by molar-refractivity contribution is 5.91. The number of hydrogen-bond donors (Lipinski definition) is 1. The molecule has 27 heavy (non-hydrogen) atoms. The van der Waals surface area contributed by atoms with Gasteiger partial charge in [0.25, 0.3) is 5.91 Å². The molecule has 3 rings (SSSR count). The quantitative estimate of drug-likeness (QED) is 0.889. The van der Waals surface area contributed by atoms with Gasteiger partial charge in [-0.25, -0.2) is 14.1 Å². The molecule has 7 nitrogen and oxygen atoms in total. The van der Waals surface area contributed by atoms with Crippen LogP contribution in [0.25, 0.3) is 5.69 Å². The van der Waals surface area contributed by atoms with Crippen LogP contribution in [0.2, 0.25) is 0 Å². The van der Waals surface area contributed by atoms with Crippen LogP contribution in [0, 0.1) is 11.7 Å². The van der Waals surface area contributed by atoms with Crippen LogP contribution in [-0.2, 0) is 4.79 Å². The summed E-state index contributed by atoms with van der Waals surface area (Å²) in [6.45, 7) is 5.86. The Kier molecular flexibility index (Phi) is 5.25. The van der Waals surface area contributed by atoms with E-state index in [0.717, 1.165) is 0 Å². The second kappa shape index (κ2) is 7.46. The maximum absolute atomic E-state index is 13.6. The standard InChI is InChI=1S/C19H23FN4O3/c1-11(2)17-21-16(22-24(17)15-6-4-5-14(20)9-15)18(25)23-10-13(19(26)27)8-7-12(23)3/h4-6,9,11-13H,7-8,10H2,1-3H3,(H,26,27). The molecule has 1 aliphatic rings. The zero-order valence-corrected chi connectivity index (χ0v) is 15.6. The highest BCUT2D eigenvalue weighted by atomic mass is 19.1. The summed E-state index contributed by atoms with van der Waals surface area (Å²) in [5.41, 5.74) is 0.486. The van der Waals surface area contributed by atoms with Gasteiger partial charge in [-0.15, -0.1) is 5.10 Å². The summed E-state index contributed by atoms with van der Waals surface area (Å²) in [5, 5.41) is 13.6. The maximum atomic E-state index is 13.6. The van der Waals surface area contributed by atoms with Gasteiger partial charge < -0.3 is 10.0 Å². The number of amides is 1. The predicted octanol–water partition coefficient (Wildman–Crippen LogP) is 2.86. The minimum atomic E-state index is -0.902. The number of rotatable bonds is 4. The summed E-state index contributed by atoms with van der Waals surface area (Å²) in [6.07, 6.45) is 1.16. The molecule has 1 saturated heterocycles. The molecule has 2 atom stereocenters. The first-order chi connectivity index (χ1) is 12.8. The van der Waals surface area contributed by atoms with E-state index in [-0.39, 0.29) is 24.3 Å². The lowest BCUT2D eigenvalue weighted by molar-refractivity contribution is -0.143. The molecule has 0 radical (unpaired) electrons. The Labute approximate surface area is 156 Å². The fourth-order valence-electron chi connectivity index (χ4n) is 3.31. The Balaban J connectivity index is 1.95. The normalized spacial score (nSPS) is 20.1. The van der Waals surface area contributed by atoms with E-state index in [4.69, 9.17) is 0 Å². The summed E-state index contributed by atoms with van der Waals surface area (Å²) >= 11 is 0. The molecular formula is C19H23FN4O3. The van der Waals surface area contributed by atoms with Crippen LogP contribution in [-0.4, -0.2) is 49.2 Å². The number of carbonyl (C=O) groups is 2. The van der Waals surface area contributed by atoms with E-state index >= 15 is 0 Å². The largest absolute Gasteiger partial charge is 0.481 e. The first-order valence-electron chi connectivity index (χ1n) is 9.04. The third-order valence-electron chi connectivity index (χ3n) is 4.88. The summed E-state index contributed by atoms with van der Waals surface area (Å²) in [6, 6.07) is 5.85. The minimum Gasteiger partial charge on any atom is -0.481 e. The fraction of sp³-hybridized carbons (Fsp3) is 0.474. The highest BCUT2D eigenvalue weighted by Crippen LogP contribution is 2.25. The Bertz CT molecular complexity index is 864. The van der Waals surface area contributed by atoms with Crippen LogP contribution < -0.4 is 0 Å². The fourth-order valence-corrected chi connectivity index (χ4v) is 3.31. The van der Waals surface area contributed by atoms with Gasteiger partial charge in [0, 0.05) is 18.5 Å². The number of nitrogens with zero attached hydrogens (tertiary/aromatic N) is 4. The van der Waals surface area contributed by atoms with Gasteiger partial charge in [0.1, 0.15) is 11.6 Å². The van der Waals surface area contributed by atoms with Crippen molar-refractivity contribution in [3.05, 3.63) is 41.7 Å². The van der Waals surface area contributed by atoms with Crippen LogP contribution >= 0.6 is 0 Å². The molecule has 1 fully saturated rings. The number of likely N-dealkylation sites (tertiary alicyclic amines) is 1. The van der Waals surface area contributed by atoms with E-state index < -0.39 is 23.6 Å². The Morgan fingerprint density at radius 3 is 2.67 bits per heavy atom. The topological polar surface area (TPSA) is 88.3 Å². The number of halogens is 1. The summed E-state index contributed by atoms with van der Waals surface area (Å²) < 4.78 is 15.1. The van der Waals surface area contributed by atoms with Crippen molar-refractivity contribution in [1.82, 2.24) is 19.7 Å². The SMILES string of the molecule is CC(C)c1nc(C(=O)N2CC(C(=O)O)CCC2C)nn1-c1cccc(F)c1. The Hall–Kier alpha value is -2.77. The summed E-state index contributed by atoms with van der Waals surface area (Å²) in [7, 11) is 0. The third kappa shape index (κ3) is 3.84. The molecule has 8 heteroatoms. The summed E-state index contributed by atoms with van der Waals surface area (Å²) in [4.78, 5) is 30.2. The van der Waals surface area contributed by atoms with E-state index in [9.17, 15) is 19.1 Å². The molecule has 2 aromatic rings. The molecule has 0 spiro atoms. The molecule has 144 valence electrons. The molecule has 1 amide bonds. The van der Waals surface area contributed by atoms with Gasteiger partial charge in [-0.1, -0.05) is 19.9 Å². The second-order valence-corrected chi connectivity index (χ2v) is 7.26. The van der Waals surface area contributed by atoms with Crippen LogP contribution in [0.4, 0.5) is 4.39 Å². The molecule has 0 saturated carbocycles. The van der Waals surface area contributed by atoms with E-state index in [1.54, 1.807) is 12.1 Å². The van der Waals surface area contributed by atoms with E-state index in [1.165, 1.54) is 21.7 Å². The number of aliphatic carboxylic acids is 1. The molecule has 2 unspecified atom stereocenters. The van der Waals surface area contributed by atoms with Crippen molar-refractivity contribution in [3.8, 4) is 5.69 Å². The highest BCUT2D eigenvalue weighted by Gasteiger charge is 2.35. The number of benzene rings is 1. The number of carboxylic acids is 1. The van der Waals surface area contributed by atoms with Gasteiger partial charge in [-0.3, -0.25) is 9.59 Å². The van der Waals surface area contributed by atoms with Crippen molar-refractivity contribution < 1.29 is 19.1 Å². The van der Waals surface area contributed by atoms with Crippen molar-refractivity contribution in [1.29, 1.82) is 0 Å². The van der Waals surface area contributed by atoms with Crippen molar-refractivity contribution >= 4 is 11.9 Å². The van der Waals surface area contributed by atoms with E-state index in [2.05, 4.69) is 10.1 Å². The molecule has 1 N–H and O–H groups in total. The van der Waals surface area contributed by atoms with Gasteiger partial charge in [-0.05, 0) is 38.0 Å². The number of aromatic nitrogens is 3. The summed E-state index contributed by atoms with van der Waals surface area (Å²) in [5.74, 6) is -1.78. The Morgan fingerprint density at radius 1 is 1.30 bits per heavy atom. The third-order valence-corrected chi connectivity index (χ3v) is 4.88. The van der Waals surface area contributed by atoms with Crippen LogP contribution in [0.15, 0.2) is 24.3 Å². The second-order valence-electron chi connectivity index (χ2n) is 7.26. The monoisotopic (exact) mass is 374 g/mol. The van der Waals surface area contributed by atoms with Crippen molar-refractivity contribution in [2.75, 3.05) is 6.54 Å². The van der Waals surface area contributed by atoms with E-state index in [0.29, 0.717) is 24.4 Å². The van der Waals surface area contributed by atoms with Crippen LogP contribution in [0.5, 0.6) is 0 Å². The molecule has 1 aromatic heterocycles. The first-order valence-corrected chi connectivity index (χ1v) is 9.04. The first kappa shape index (κ1) is 19.0. The van der Waals surface area contributed by atoms with E-state index in [1.807, 2.05) is 20.8 Å². The van der Waals surface area contributed by atoms with Crippen LogP contribution in [0.1, 0.15) is 56.0 Å². The van der Waals surface area contributed by atoms with Crippen molar-refractivity contribution in [2.45, 2.75) is 45.6 Å². The van der Waals surface area contributed by atoms with Gasteiger partial charge in [0.15, 0.2) is 0 Å². The molecule has 1 aliphatic heterocycles. The lowest BCUT2D eigenvalue weighted by atomic mass is 9.93. The molecule has 2 heterocycles. The predicted molar refractivity (Wildman–Crippen MR) is 96.3 cm³/mol. The number of carbonyl (C=O) groups excluding carboxylic acids is 1. The molecule has 0 bridgehead atoms. The zero-order valence-electron chi connectivity index (χ0n) is 15.6. The smallest absolute Gasteiger partial charge is 0.308 e. The average molecular weight is 374 g/mol. The van der Waals surface area contributed by atoms with Gasteiger partial charge in [-0.2, -0.15) is 0 Å². The number of carboxylic acid groups (broad SMARTS) is 1. The number of hydrogen-bond acceptors (Lipinski definition) is 4. The average Bonchev–Trinajstić information content (AvgIpc) is 3.07. The minimum absolute atomic E-state index is 0.000787. The lowest BCUT2D eigenvalue weighted by Crippen LogP contribution is -2.47. The Morgan fingerprint density at radius 2 is 2.04 bits per heavy atom. The molecule has 0 aliphatic carbocycles. The van der Waals surface area contributed by atoms with Gasteiger partial charge >= 0.3 is 5.97 Å². The number of piperidine rings is 1. The van der Waals surface area contributed by atoms with Gasteiger partial charge in [0.2, 0.25) is 5.82 Å². The zero-order chi connectivity index (χ0) is 19.7.